The molecule has 0 bridgehead atoms. The van der Waals surface area contributed by atoms with Crippen LogP contribution in [0.25, 0.3) is 0 Å². The second kappa shape index (κ2) is 6.06. The van der Waals surface area contributed by atoms with Gasteiger partial charge in [0.25, 0.3) is 0 Å². The molecule has 2 rings (SSSR count). The van der Waals surface area contributed by atoms with E-state index in [1.54, 1.807) is 0 Å². The molecule has 94 valence electrons. The van der Waals surface area contributed by atoms with Gasteiger partial charge in [-0.15, -0.1) is 0 Å². The van der Waals surface area contributed by atoms with Crippen LogP contribution in [0, 0.1) is 12.8 Å². The van der Waals surface area contributed by atoms with Crippen molar-refractivity contribution in [3.63, 3.8) is 0 Å². The van der Waals surface area contributed by atoms with Crippen molar-refractivity contribution in [1.82, 2.24) is 5.32 Å². The van der Waals surface area contributed by atoms with Crippen molar-refractivity contribution in [1.29, 1.82) is 0 Å². The molecule has 1 fully saturated rings. The minimum absolute atomic E-state index is 0.754. The highest BCUT2D eigenvalue weighted by atomic mass is 14.9. The van der Waals surface area contributed by atoms with Crippen molar-refractivity contribution in [3.8, 4) is 0 Å². The highest BCUT2D eigenvalue weighted by Gasteiger charge is 2.19. The van der Waals surface area contributed by atoms with Gasteiger partial charge >= 0.3 is 0 Å². The van der Waals surface area contributed by atoms with Gasteiger partial charge in [-0.2, -0.15) is 0 Å². The summed E-state index contributed by atoms with van der Waals surface area (Å²) in [4.78, 5) is 0. The average molecular weight is 232 g/mol. The fourth-order valence-electron chi connectivity index (χ4n) is 2.68. The lowest BCUT2D eigenvalue weighted by Crippen LogP contribution is -2.32. The lowest BCUT2D eigenvalue weighted by atomic mass is 9.86. The van der Waals surface area contributed by atoms with Gasteiger partial charge in [0.2, 0.25) is 0 Å². The molecular weight excluding hydrogens is 208 g/mol. The zero-order valence-corrected chi connectivity index (χ0v) is 11.0. The Morgan fingerprint density at radius 3 is 2.47 bits per heavy atom. The van der Waals surface area contributed by atoms with Crippen molar-refractivity contribution in [2.75, 3.05) is 18.9 Å². The van der Waals surface area contributed by atoms with Crippen LogP contribution in [0.3, 0.4) is 0 Å². The Kier molecular flexibility index (Phi) is 4.43. The SMILES string of the molecule is CNC1CCC(CNc2ccccc2C)CC1. The van der Waals surface area contributed by atoms with Gasteiger partial charge in [-0.3, -0.25) is 0 Å². The molecule has 2 N–H and O–H groups in total. The summed E-state index contributed by atoms with van der Waals surface area (Å²) in [7, 11) is 2.08. The number of anilines is 1. The number of rotatable bonds is 4. The molecule has 0 unspecified atom stereocenters. The monoisotopic (exact) mass is 232 g/mol. The van der Waals surface area contributed by atoms with Crippen molar-refractivity contribution in [3.05, 3.63) is 29.8 Å². The molecule has 0 amide bonds. The minimum atomic E-state index is 0.754. The van der Waals surface area contributed by atoms with Gasteiger partial charge in [-0.05, 0) is 57.2 Å². The topological polar surface area (TPSA) is 24.1 Å². The molecule has 17 heavy (non-hydrogen) atoms. The molecule has 2 heteroatoms. The van der Waals surface area contributed by atoms with E-state index in [9.17, 15) is 0 Å². The van der Waals surface area contributed by atoms with Crippen LogP contribution in [0.15, 0.2) is 24.3 Å². The first-order valence-electron chi connectivity index (χ1n) is 6.76. The van der Waals surface area contributed by atoms with Crippen molar-refractivity contribution >= 4 is 5.69 Å². The molecule has 1 saturated carbocycles. The second-order valence-electron chi connectivity index (χ2n) is 5.20. The normalized spacial score (nSPS) is 24.6. The van der Waals surface area contributed by atoms with Gasteiger partial charge in [0.15, 0.2) is 0 Å². The molecule has 0 radical (unpaired) electrons. The Labute approximate surface area is 105 Å². The van der Waals surface area contributed by atoms with Gasteiger partial charge in [-0.1, -0.05) is 18.2 Å². The quantitative estimate of drug-likeness (QED) is 0.833. The van der Waals surface area contributed by atoms with E-state index >= 15 is 0 Å². The van der Waals surface area contributed by atoms with Crippen LogP contribution in [0.2, 0.25) is 0 Å². The molecule has 1 aliphatic rings. The van der Waals surface area contributed by atoms with Gasteiger partial charge in [0, 0.05) is 18.3 Å². The predicted molar refractivity (Wildman–Crippen MR) is 74.5 cm³/mol. The summed E-state index contributed by atoms with van der Waals surface area (Å²) in [6.07, 6.45) is 5.36. The third-order valence-corrected chi connectivity index (χ3v) is 3.98. The number of benzene rings is 1. The molecule has 2 nitrogen and oxygen atoms in total. The maximum atomic E-state index is 3.60. The first kappa shape index (κ1) is 12.4. The predicted octanol–water partition coefficient (Wildman–Crippen LogP) is 3.19. The fraction of sp³-hybridized carbons (Fsp3) is 0.600. The third-order valence-electron chi connectivity index (χ3n) is 3.98. The van der Waals surface area contributed by atoms with E-state index in [1.165, 1.54) is 36.9 Å². The average Bonchev–Trinajstić information content (AvgIpc) is 2.38. The van der Waals surface area contributed by atoms with Gasteiger partial charge in [0.05, 0.1) is 0 Å². The first-order chi connectivity index (χ1) is 8.29. The van der Waals surface area contributed by atoms with E-state index in [0.717, 1.165) is 18.5 Å². The molecule has 1 aromatic carbocycles. The van der Waals surface area contributed by atoms with Crippen LogP contribution in [-0.4, -0.2) is 19.6 Å². The number of hydrogen-bond acceptors (Lipinski definition) is 2. The lowest BCUT2D eigenvalue weighted by Gasteiger charge is -2.28. The summed E-state index contributed by atoms with van der Waals surface area (Å²) in [5, 5.41) is 6.98. The van der Waals surface area contributed by atoms with Gasteiger partial charge < -0.3 is 10.6 Å². The summed E-state index contributed by atoms with van der Waals surface area (Å²) in [5.74, 6) is 0.846. The zero-order chi connectivity index (χ0) is 12.1. The first-order valence-corrected chi connectivity index (χ1v) is 6.76. The molecule has 0 saturated heterocycles. The molecular formula is C15H24N2. The van der Waals surface area contributed by atoms with Crippen LogP contribution >= 0.6 is 0 Å². The van der Waals surface area contributed by atoms with E-state index in [-0.39, 0.29) is 0 Å². The Balaban J connectivity index is 1.78. The Morgan fingerprint density at radius 1 is 1.12 bits per heavy atom. The molecule has 0 heterocycles. The summed E-state index contributed by atoms with van der Waals surface area (Å²) in [6, 6.07) is 9.30. The summed E-state index contributed by atoms with van der Waals surface area (Å²) >= 11 is 0. The molecule has 0 aliphatic heterocycles. The van der Waals surface area contributed by atoms with Crippen LogP contribution in [0.5, 0.6) is 0 Å². The smallest absolute Gasteiger partial charge is 0.0369 e. The summed E-state index contributed by atoms with van der Waals surface area (Å²) in [5.41, 5.74) is 2.64. The maximum absolute atomic E-state index is 3.60. The van der Waals surface area contributed by atoms with E-state index in [1.807, 2.05) is 0 Å². The number of nitrogens with one attached hydrogen (secondary N) is 2. The van der Waals surface area contributed by atoms with Crippen LogP contribution < -0.4 is 10.6 Å². The molecule has 0 aromatic heterocycles. The van der Waals surface area contributed by atoms with E-state index in [4.69, 9.17) is 0 Å². The van der Waals surface area contributed by atoms with E-state index in [0.29, 0.717) is 0 Å². The Morgan fingerprint density at radius 2 is 1.82 bits per heavy atom. The second-order valence-corrected chi connectivity index (χ2v) is 5.20. The number of aryl methyl sites for hydroxylation is 1. The van der Waals surface area contributed by atoms with Gasteiger partial charge in [-0.25, -0.2) is 0 Å². The van der Waals surface area contributed by atoms with Crippen LogP contribution in [0.4, 0.5) is 5.69 Å². The van der Waals surface area contributed by atoms with Crippen molar-refractivity contribution < 1.29 is 0 Å². The lowest BCUT2D eigenvalue weighted by molar-refractivity contribution is 0.312. The molecule has 0 atom stereocenters. The minimum Gasteiger partial charge on any atom is -0.385 e. The van der Waals surface area contributed by atoms with Gasteiger partial charge in [0.1, 0.15) is 0 Å². The Bertz CT molecular complexity index is 341. The standard InChI is InChI=1S/C15H24N2/c1-12-5-3-4-6-15(12)17-11-13-7-9-14(16-2)10-8-13/h3-6,13-14,16-17H,7-11H2,1-2H3. The molecule has 1 aliphatic carbocycles. The molecule has 0 spiro atoms. The van der Waals surface area contributed by atoms with E-state index < -0.39 is 0 Å². The highest BCUT2D eigenvalue weighted by Crippen LogP contribution is 2.25. The number of para-hydroxylation sites is 1. The van der Waals surface area contributed by atoms with Crippen LogP contribution in [-0.2, 0) is 0 Å². The summed E-state index contributed by atoms with van der Waals surface area (Å²) < 4.78 is 0. The summed E-state index contributed by atoms with van der Waals surface area (Å²) in [6.45, 7) is 3.29. The van der Waals surface area contributed by atoms with Crippen molar-refractivity contribution in [2.24, 2.45) is 5.92 Å². The van der Waals surface area contributed by atoms with E-state index in [2.05, 4.69) is 48.9 Å². The fourth-order valence-corrected chi connectivity index (χ4v) is 2.68. The van der Waals surface area contributed by atoms with Crippen LogP contribution in [0.1, 0.15) is 31.2 Å². The largest absolute Gasteiger partial charge is 0.385 e. The highest BCUT2D eigenvalue weighted by molar-refractivity contribution is 5.50. The Hall–Kier alpha value is -1.02. The number of hydrogen-bond donors (Lipinski definition) is 2. The maximum Gasteiger partial charge on any atom is 0.0369 e. The zero-order valence-electron chi connectivity index (χ0n) is 11.0. The van der Waals surface area contributed by atoms with Crippen molar-refractivity contribution in [2.45, 2.75) is 38.6 Å². The molecule has 1 aromatic rings. The third kappa shape index (κ3) is 3.47.